The number of rotatable bonds is 5. The third-order valence-electron chi connectivity index (χ3n) is 4.94. The van der Waals surface area contributed by atoms with Crippen molar-refractivity contribution in [2.24, 2.45) is 0 Å². The van der Waals surface area contributed by atoms with Gasteiger partial charge >= 0.3 is 0 Å². The van der Waals surface area contributed by atoms with Crippen molar-refractivity contribution in [3.63, 3.8) is 0 Å². The SMILES string of the molecule is CC(=O)NCc1ccc(C(=O)N2CCCN(S(=O)(=O)c3ccc(F)cc3)CC2)cc1. The zero-order valence-corrected chi connectivity index (χ0v) is 17.5. The minimum absolute atomic E-state index is 0.0402. The standard InChI is InChI=1S/C21H24FN3O4S/c1-16(26)23-15-17-3-5-18(6-4-17)21(27)24-11-2-12-25(14-13-24)30(28,29)20-9-7-19(22)8-10-20/h3-10H,2,11-15H2,1H3,(H,23,26). The number of amides is 2. The van der Waals surface area contributed by atoms with Gasteiger partial charge < -0.3 is 10.2 Å². The normalized spacial score (nSPS) is 15.5. The van der Waals surface area contributed by atoms with Crippen molar-refractivity contribution in [3.05, 3.63) is 65.5 Å². The fourth-order valence-electron chi connectivity index (χ4n) is 3.27. The van der Waals surface area contributed by atoms with E-state index in [0.29, 0.717) is 31.6 Å². The molecule has 160 valence electrons. The van der Waals surface area contributed by atoms with Crippen molar-refractivity contribution in [1.82, 2.24) is 14.5 Å². The largest absolute Gasteiger partial charge is 0.352 e. The minimum Gasteiger partial charge on any atom is -0.352 e. The molecule has 1 heterocycles. The molecule has 2 amide bonds. The van der Waals surface area contributed by atoms with E-state index < -0.39 is 15.8 Å². The number of benzene rings is 2. The van der Waals surface area contributed by atoms with E-state index in [9.17, 15) is 22.4 Å². The van der Waals surface area contributed by atoms with Crippen LogP contribution in [0, 0.1) is 5.82 Å². The Kier molecular flexibility index (Phi) is 6.84. The van der Waals surface area contributed by atoms with Crippen molar-refractivity contribution < 1.29 is 22.4 Å². The van der Waals surface area contributed by atoms with Gasteiger partial charge in [0.25, 0.3) is 5.91 Å². The zero-order valence-electron chi connectivity index (χ0n) is 16.7. The van der Waals surface area contributed by atoms with Gasteiger partial charge in [-0.25, -0.2) is 12.8 Å². The lowest BCUT2D eigenvalue weighted by Crippen LogP contribution is -2.37. The zero-order chi connectivity index (χ0) is 21.7. The lowest BCUT2D eigenvalue weighted by atomic mass is 10.1. The third-order valence-corrected chi connectivity index (χ3v) is 6.85. The molecule has 3 rings (SSSR count). The molecule has 0 unspecified atom stereocenters. The van der Waals surface area contributed by atoms with Crippen LogP contribution in [0.3, 0.4) is 0 Å². The predicted octanol–water partition coefficient (Wildman–Crippen LogP) is 2.00. The summed E-state index contributed by atoms with van der Waals surface area (Å²) in [6.07, 6.45) is 0.507. The molecule has 1 aliphatic rings. The summed E-state index contributed by atoms with van der Waals surface area (Å²) in [5.41, 5.74) is 1.39. The van der Waals surface area contributed by atoms with Crippen molar-refractivity contribution in [2.75, 3.05) is 26.2 Å². The number of nitrogens with zero attached hydrogens (tertiary/aromatic N) is 2. The summed E-state index contributed by atoms with van der Waals surface area (Å²) >= 11 is 0. The first-order valence-corrected chi connectivity index (χ1v) is 11.1. The Hall–Kier alpha value is -2.78. The van der Waals surface area contributed by atoms with E-state index in [1.165, 1.54) is 23.4 Å². The highest BCUT2D eigenvalue weighted by Gasteiger charge is 2.28. The molecule has 9 heteroatoms. The van der Waals surface area contributed by atoms with E-state index in [2.05, 4.69) is 5.32 Å². The minimum atomic E-state index is -3.74. The van der Waals surface area contributed by atoms with E-state index in [1.807, 2.05) is 0 Å². The van der Waals surface area contributed by atoms with Crippen LogP contribution in [0.4, 0.5) is 4.39 Å². The lowest BCUT2D eigenvalue weighted by Gasteiger charge is -2.22. The van der Waals surface area contributed by atoms with Crippen molar-refractivity contribution in [2.45, 2.75) is 24.8 Å². The number of halogens is 1. The molecule has 0 saturated carbocycles. The Morgan fingerprint density at radius 3 is 2.27 bits per heavy atom. The first-order chi connectivity index (χ1) is 14.3. The van der Waals surface area contributed by atoms with E-state index in [1.54, 1.807) is 29.2 Å². The van der Waals surface area contributed by atoms with Crippen LogP contribution in [0.5, 0.6) is 0 Å². The molecule has 0 spiro atoms. The van der Waals surface area contributed by atoms with Crippen LogP contribution in [0.15, 0.2) is 53.4 Å². The molecule has 30 heavy (non-hydrogen) atoms. The summed E-state index contributed by atoms with van der Waals surface area (Å²) in [6, 6.07) is 11.7. The Balaban J connectivity index is 1.65. The summed E-state index contributed by atoms with van der Waals surface area (Å²) < 4.78 is 40.1. The van der Waals surface area contributed by atoms with Gasteiger partial charge in [-0.3, -0.25) is 9.59 Å². The van der Waals surface area contributed by atoms with Crippen molar-refractivity contribution in [3.8, 4) is 0 Å². The summed E-state index contributed by atoms with van der Waals surface area (Å²) in [6.45, 7) is 3.01. The molecule has 2 aromatic carbocycles. The predicted molar refractivity (Wildman–Crippen MR) is 110 cm³/mol. The van der Waals surface area contributed by atoms with Gasteiger partial charge in [0, 0.05) is 45.2 Å². The van der Waals surface area contributed by atoms with E-state index in [-0.39, 0.29) is 29.8 Å². The van der Waals surface area contributed by atoms with Crippen LogP contribution in [0.1, 0.15) is 29.3 Å². The summed E-state index contributed by atoms with van der Waals surface area (Å²) in [4.78, 5) is 25.5. The van der Waals surface area contributed by atoms with Gasteiger partial charge in [-0.05, 0) is 48.4 Å². The maximum absolute atomic E-state index is 13.1. The van der Waals surface area contributed by atoms with E-state index in [4.69, 9.17) is 0 Å². The maximum Gasteiger partial charge on any atom is 0.253 e. The Labute approximate surface area is 175 Å². The van der Waals surface area contributed by atoms with Gasteiger partial charge in [0.2, 0.25) is 15.9 Å². The quantitative estimate of drug-likeness (QED) is 0.782. The van der Waals surface area contributed by atoms with Gasteiger partial charge in [-0.15, -0.1) is 0 Å². The summed E-state index contributed by atoms with van der Waals surface area (Å²) in [5.74, 6) is -0.786. The highest BCUT2D eigenvalue weighted by atomic mass is 32.2. The van der Waals surface area contributed by atoms with Crippen molar-refractivity contribution in [1.29, 1.82) is 0 Å². The molecule has 1 saturated heterocycles. The second kappa shape index (κ2) is 9.36. The van der Waals surface area contributed by atoms with E-state index >= 15 is 0 Å². The van der Waals surface area contributed by atoms with E-state index in [0.717, 1.165) is 17.7 Å². The number of carbonyl (C=O) groups excluding carboxylic acids is 2. The molecule has 0 bridgehead atoms. The second-order valence-electron chi connectivity index (χ2n) is 7.11. The van der Waals surface area contributed by atoms with Gasteiger partial charge in [0.1, 0.15) is 5.82 Å². The van der Waals surface area contributed by atoms with Gasteiger partial charge in [0.05, 0.1) is 4.90 Å². The van der Waals surface area contributed by atoms with Gasteiger partial charge in [-0.2, -0.15) is 4.31 Å². The van der Waals surface area contributed by atoms with Crippen LogP contribution in [-0.2, 0) is 21.4 Å². The molecule has 1 aliphatic heterocycles. The second-order valence-corrected chi connectivity index (χ2v) is 9.05. The fraction of sp³-hybridized carbons (Fsp3) is 0.333. The molecule has 0 atom stereocenters. The molecule has 7 nitrogen and oxygen atoms in total. The molecule has 0 radical (unpaired) electrons. The highest BCUT2D eigenvalue weighted by Crippen LogP contribution is 2.19. The third kappa shape index (κ3) is 5.22. The Morgan fingerprint density at radius 1 is 0.967 bits per heavy atom. The molecule has 0 aromatic heterocycles. The first kappa shape index (κ1) is 21.9. The van der Waals surface area contributed by atoms with Gasteiger partial charge in [0.15, 0.2) is 0 Å². The average Bonchev–Trinajstić information content (AvgIpc) is 2.99. The Morgan fingerprint density at radius 2 is 1.63 bits per heavy atom. The van der Waals surface area contributed by atoms with Crippen LogP contribution in [-0.4, -0.2) is 55.6 Å². The molecule has 0 aliphatic carbocycles. The van der Waals surface area contributed by atoms with Crippen LogP contribution in [0.2, 0.25) is 0 Å². The summed E-state index contributed by atoms with van der Waals surface area (Å²) in [7, 11) is -3.74. The molecule has 2 aromatic rings. The molecule has 1 N–H and O–H groups in total. The number of carbonyl (C=O) groups is 2. The van der Waals surface area contributed by atoms with Crippen LogP contribution in [0.25, 0.3) is 0 Å². The van der Waals surface area contributed by atoms with Crippen molar-refractivity contribution >= 4 is 21.8 Å². The topological polar surface area (TPSA) is 86.8 Å². The lowest BCUT2D eigenvalue weighted by molar-refractivity contribution is -0.119. The molecular weight excluding hydrogens is 409 g/mol. The highest BCUT2D eigenvalue weighted by molar-refractivity contribution is 7.89. The first-order valence-electron chi connectivity index (χ1n) is 9.66. The monoisotopic (exact) mass is 433 g/mol. The number of hydrogen-bond donors (Lipinski definition) is 1. The molecular formula is C21H24FN3O4S. The number of hydrogen-bond acceptors (Lipinski definition) is 4. The number of nitrogens with one attached hydrogen (secondary N) is 1. The summed E-state index contributed by atoms with van der Waals surface area (Å²) in [5, 5.41) is 2.70. The van der Waals surface area contributed by atoms with Gasteiger partial charge in [-0.1, -0.05) is 12.1 Å². The smallest absolute Gasteiger partial charge is 0.253 e. The Bertz CT molecular complexity index is 1010. The maximum atomic E-state index is 13.1. The fourth-order valence-corrected chi connectivity index (χ4v) is 4.74. The van der Waals surface area contributed by atoms with Crippen LogP contribution < -0.4 is 5.32 Å². The van der Waals surface area contributed by atoms with Crippen LogP contribution >= 0.6 is 0 Å². The average molecular weight is 434 g/mol. The number of sulfonamides is 1. The molecule has 1 fully saturated rings.